The molecule has 484 valence electrons. The van der Waals surface area contributed by atoms with Gasteiger partial charge < -0.3 is 0 Å². The predicted octanol–water partition coefficient (Wildman–Crippen LogP) is 22.6. The molecule has 0 amide bonds. The molecule has 12 aromatic carbocycles. The molecule has 0 spiro atoms. The van der Waals surface area contributed by atoms with Gasteiger partial charge in [-0.2, -0.15) is 0 Å². The molecule has 4 aliphatic heterocycles. The highest BCUT2D eigenvalue weighted by Gasteiger charge is 2.64. The van der Waals surface area contributed by atoms with Crippen LogP contribution in [0.2, 0.25) is 40.2 Å². The van der Waals surface area contributed by atoms with Gasteiger partial charge in [0.15, 0.2) is 0 Å². The molecule has 0 atom stereocenters. The van der Waals surface area contributed by atoms with Crippen molar-refractivity contribution < 1.29 is 0 Å². The van der Waals surface area contributed by atoms with Gasteiger partial charge in [-0.1, -0.05) is 360 Å². The Balaban J connectivity index is 0.000000162. The van der Waals surface area contributed by atoms with Gasteiger partial charge >= 0.3 is 0 Å². The van der Waals surface area contributed by atoms with E-state index in [9.17, 15) is 0 Å². The molecule has 0 saturated carbocycles. The molecular weight excluding hydrogens is 1400 g/mol. The molecule has 12 aromatic rings. The highest BCUT2D eigenvalue weighted by molar-refractivity contribution is 6.57. The second-order valence-electron chi connectivity index (χ2n) is 23.8. The Kier molecular flexibility index (Phi) is 18.4. The summed E-state index contributed by atoms with van der Waals surface area (Å²) in [6.45, 7) is 0. The molecular formula is C84H52Cl8N8. The van der Waals surface area contributed by atoms with Crippen LogP contribution < -0.4 is 0 Å². The van der Waals surface area contributed by atoms with E-state index in [1.165, 1.54) is 0 Å². The summed E-state index contributed by atoms with van der Waals surface area (Å²) in [5, 5.41) is 3.31. The van der Waals surface area contributed by atoms with Crippen molar-refractivity contribution in [1.29, 1.82) is 0 Å². The first-order valence-corrected chi connectivity index (χ1v) is 34.9. The highest BCUT2D eigenvalue weighted by Crippen LogP contribution is 2.60. The van der Waals surface area contributed by atoms with Crippen molar-refractivity contribution in [2.45, 2.75) is 22.7 Å². The minimum Gasteiger partial charge on any atom is -0.243 e. The third-order valence-corrected chi connectivity index (χ3v) is 19.9. The Morgan fingerprint density at radius 2 is 0.290 bits per heavy atom. The summed E-state index contributed by atoms with van der Waals surface area (Å²) in [6.07, 6.45) is 0. The van der Waals surface area contributed by atoms with Crippen LogP contribution in [0.5, 0.6) is 0 Å². The average molecular weight is 1460 g/mol. The molecule has 0 fully saturated rings. The lowest BCUT2D eigenvalue weighted by molar-refractivity contribution is 0.257. The molecule has 0 unspecified atom stereocenters. The van der Waals surface area contributed by atoms with E-state index in [0.29, 0.717) is 108 Å². The number of hydrogen-bond acceptors (Lipinski definition) is 8. The maximum absolute atomic E-state index is 7.21. The standard InChI is InChI=1S/2C42H26Cl4N4/c2*43-31-21-23-33(35(45)25-31)41(47-37(27-13-5-1-6-14-27)38(48-41)28-15-7-2-8-16-28)42(34-24-22-32(44)26-36(34)46)49-39(29-17-9-3-10-18-29)40(50-42)30-19-11-4-12-20-30/h2*1-26H. The zero-order chi connectivity index (χ0) is 68.6. The maximum atomic E-state index is 7.21. The summed E-state index contributed by atoms with van der Waals surface area (Å²) >= 11 is 55.0. The zero-order valence-corrected chi connectivity index (χ0v) is 58.7. The Labute approximate surface area is 618 Å². The monoisotopic (exact) mass is 1450 g/mol. The van der Waals surface area contributed by atoms with Gasteiger partial charge in [-0.25, -0.2) is 39.9 Å². The van der Waals surface area contributed by atoms with Crippen LogP contribution >= 0.6 is 92.8 Å². The van der Waals surface area contributed by atoms with Crippen molar-refractivity contribution in [3.05, 3.63) is 422 Å². The van der Waals surface area contributed by atoms with E-state index in [1.807, 2.05) is 267 Å². The van der Waals surface area contributed by atoms with Crippen molar-refractivity contribution >= 4 is 139 Å². The molecule has 0 radical (unpaired) electrons. The van der Waals surface area contributed by atoms with Crippen LogP contribution in [-0.4, -0.2) is 45.7 Å². The largest absolute Gasteiger partial charge is 0.243 e. The van der Waals surface area contributed by atoms with Crippen molar-refractivity contribution in [2.75, 3.05) is 0 Å². The lowest BCUT2D eigenvalue weighted by atomic mass is 9.82. The minimum atomic E-state index is -1.61. The number of aliphatic imine (C=N–C) groups is 8. The molecule has 100 heavy (non-hydrogen) atoms. The lowest BCUT2D eigenvalue weighted by Gasteiger charge is -2.39. The Bertz CT molecular complexity index is 4490. The molecule has 0 bridgehead atoms. The molecule has 4 heterocycles. The van der Waals surface area contributed by atoms with Gasteiger partial charge in [-0.05, 0) is 48.5 Å². The van der Waals surface area contributed by atoms with Crippen LogP contribution in [0.15, 0.2) is 355 Å². The fourth-order valence-corrected chi connectivity index (χ4v) is 15.3. The van der Waals surface area contributed by atoms with Crippen LogP contribution in [0.4, 0.5) is 0 Å². The van der Waals surface area contributed by atoms with Gasteiger partial charge in [0.2, 0.25) is 22.7 Å². The molecule has 16 heteroatoms. The normalized spacial score (nSPS) is 16.0. The van der Waals surface area contributed by atoms with Crippen LogP contribution in [0, 0.1) is 0 Å². The summed E-state index contributed by atoms with van der Waals surface area (Å²) in [6, 6.07) is 101. The number of nitrogens with zero attached hydrogens (tertiary/aromatic N) is 8. The molecule has 4 aliphatic rings. The van der Waals surface area contributed by atoms with Crippen LogP contribution in [0.25, 0.3) is 0 Å². The van der Waals surface area contributed by atoms with Gasteiger partial charge in [0, 0.05) is 107 Å². The Morgan fingerprint density at radius 3 is 0.410 bits per heavy atom. The van der Waals surface area contributed by atoms with Crippen LogP contribution in [0.1, 0.15) is 66.8 Å². The van der Waals surface area contributed by atoms with E-state index in [-0.39, 0.29) is 0 Å². The van der Waals surface area contributed by atoms with E-state index in [0.717, 1.165) is 44.5 Å². The summed E-state index contributed by atoms with van der Waals surface area (Å²) in [7, 11) is 0. The first-order valence-electron chi connectivity index (χ1n) is 31.8. The van der Waals surface area contributed by atoms with Gasteiger partial charge in [0.25, 0.3) is 0 Å². The van der Waals surface area contributed by atoms with E-state index in [4.69, 9.17) is 133 Å². The van der Waals surface area contributed by atoms with Crippen molar-refractivity contribution in [1.82, 2.24) is 0 Å². The zero-order valence-electron chi connectivity index (χ0n) is 52.6. The van der Waals surface area contributed by atoms with E-state index >= 15 is 0 Å². The maximum Gasteiger partial charge on any atom is 0.227 e. The van der Waals surface area contributed by atoms with Crippen LogP contribution in [-0.2, 0) is 22.7 Å². The number of halogens is 8. The third-order valence-electron chi connectivity index (χ3n) is 17.7. The van der Waals surface area contributed by atoms with Crippen LogP contribution in [0.3, 0.4) is 0 Å². The fourth-order valence-electron chi connectivity index (χ4n) is 13.1. The Hall–Kier alpha value is -9.68. The first-order chi connectivity index (χ1) is 48.8. The SMILES string of the molecule is Clc1ccc(C2(C3(c4ccc(Cl)cc4Cl)N=C(c4ccccc4)C(c4ccccc4)=N3)N=C(c3ccccc3)C(c3ccccc3)=N2)c(Cl)c1.Clc1ccc(C2(C3(c4ccc(Cl)cc4Cl)N=C(c4ccccc4)C(c4ccccc4)=N3)N=C(c3ccccc3)C(c3ccccc3)=N2)c(Cl)c1. The Morgan fingerprint density at radius 1 is 0.160 bits per heavy atom. The van der Waals surface area contributed by atoms with Gasteiger partial charge in [0.05, 0.1) is 45.7 Å². The second-order valence-corrected chi connectivity index (χ2v) is 27.2. The second kappa shape index (κ2) is 27.8. The summed E-state index contributed by atoms with van der Waals surface area (Å²) < 4.78 is 0. The van der Waals surface area contributed by atoms with Gasteiger partial charge in [-0.15, -0.1) is 0 Å². The quantitative estimate of drug-likeness (QED) is 0.104. The van der Waals surface area contributed by atoms with Crippen molar-refractivity contribution in [3.8, 4) is 0 Å². The molecule has 8 nitrogen and oxygen atoms in total. The van der Waals surface area contributed by atoms with Gasteiger partial charge in [0.1, 0.15) is 0 Å². The summed E-state index contributed by atoms with van der Waals surface area (Å²) in [4.78, 5) is 45.1. The lowest BCUT2D eigenvalue weighted by Crippen LogP contribution is -2.43. The van der Waals surface area contributed by atoms with E-state index in [1.54, 1.807) is 48.5 Å². The highest BCUT2D eigenvalue weighted by atomic mass is 35.5. The predicted molar refractivity (Wildman–Crippen MR) is 416 cm³/mol. The van der Waals surface area contributed by atoms with Crippen molar-refractivity contribution in [3.63, 3.8) is 0 Å². The average Bonchev–Trinajstić information content (AvgIpc) is 1.49. The topological polar surface area (TPSA) is 98.9 Å². The molecule has 0 saturated heterocycles. The van der Waals surface area contributed by atoms with Gasteiger partial charge in [-0.3, -0.25) is 0 Å². The van der Waals surface area contributed by atoms with E-state index < -0.39 is 22.7 Å². The first kappa shape index (κ1) is 66.2. The fraction of sp³-hybridized carbons (Fsp3) is 0.0476. The summed E-state index contributed by atoms with van der Waals surface area (Å²) in [5.41, 5.74) is 8.04. The smallest absolute Gasteiger partial charge is 0.227 e. The number of hydrogen-bond donors (Lipinski definition) is 0. The summed E-state index contributed by atoms with van der Waals surface area (Å²) in [5.74, 6) is 0. The molecule has 0 aliphatic carbocycles. The van der Waals surface area contributed by atoms with Crippen molar-refractivity contribution in [2.24, 2.45) is 39.9 Å². The minimum absolute atomic E-state index is 0.357. The molecule has 0 N–H and O–H groups in total. The number of rotatable bonds is 14. The molecule has 0 aromatic heterocycles. The number of benzene rings is 12. The van der Waals surface area contributed by atoms with E-state index in [2.05, 4.69) is 0 Å². The molecule has 16 rings (SSSR count). The third kappa shape index (κ3) is 12.1.